The van der Waals surface area contributed by atoms with Crippen LogP contribution in [0.3, 0.4) is 0 Å². The summed E-state index contributed by atoms with van der Waals surface area (Å²) in [6, 6.07) is 13.6. The molecule has 0 unspecified atom stereocenters. The topological polar surface area (TPSA) is 94.0 Å². The SMILES string of the molecule is CC(C)(C)c1nc(CNC(=O)Cc2cccc(F)c2)n(S(=O)(=O)c2ccccc2)n1. The minimum atomic E-state index is -3.98. The Hall–Kier alpha value is -3.07. The van der Waals surface area contributed by atoms with Crippen molar-refractivity contribution in [2.45, 2.75) is 44.0 Å². The van der Waals surface area contributed by atoms with Gasteiger partial charge in [-0.15, -0.1) is 9.19 Å². The van der Waals surface area contributed by atoms with E-state index in [-0.39, 0.29) is 29.6 Å². The number of rotatable bonds is 6. The lowest BCUT2D eigenvalue weighted by atomic mass is 9.96. The molecular formula is C21H23FN4O3S. The molecule has 158 valence electrons. The smallest absolute Gasteiger partial charge is 0.284 e. The van der Waals surface area contributed by atoms with Gasteiger partial charge >= 0.3 is 0 Å². The Kier molecular flexibility index (Phi) is 6.02. The average molecular weight is 431 g/mol. The summed E-state index contributed by atoms with van der Waals surface area (Å²) in [5.41, 5.74) is 0.0267. The highest BCUT2D eigenvalue weighted by Crippen LogP contribution is 2.21. The van der Waals surface area contributed by atoms with Gasteiger partial charge in [0.25, 0.3) is 10.0 Å². The molecule has 1 N–H and O–H groups in total. The van der Waals surface area contributed by atoms with Gasteiger partial charge in [0.2, 0.25) is 5.91 Å². The van der Waals surface area contributed by atoms with Crippen molar-refractivity contribution < 1.29 is 17.6 Å². The lowest BCUT2D eigenvalue weighted by Crippen LogP contribution is -2.28. The molecule has 7 nitrogen and oxygen atoms in total. The Bertz CT molecular complexity index is 1150. The van der Waals surface area contributed by atoms with E-state index in [1.807, 2.05) is 20.8 Å². The van der Waals surface area contributed by atoms with Crippen LogP contribution in [0.15, 0.2) is 59.5 Å². The van der Waals surface area contributed by atoms with E-state index in [0.717, 1.165) is 4.09 Å². The molecule has 30 heavy (non-hydrogen) atoms. The van der Waals surface area contributed by atoms with E-state index in [9.17, 15) is 17.6 Å². The number of carbonyl (C=O) groups excluding carboxylic acids is 1. The molecule has 0 atom stereocenters. The standard InChI is InChI=1S/C21H23FN4O3S/c1-21(2,3)20-24-18(14-23-19(27)13-15-8-7-9-16(22)12-15)26(25-20)30(28,29)17-10-5-4-6-11-17/h4-12H,13-14H2,1-3H3,(H,23,27). The summed E-state index contributed by atoms with van der Waals surface area (Å²) in [6.07, 6.45) is -0.0382. The Morgan fingerprint density at radius 1 is 1.10 bits per heavy atom. The van der Waals surface area contributed by atoms with Crippen molar-refractivity contribution in [3.8, 4) is 0 Å². The molecular weight excluding hydrogens is 407 g/mol. The number of benzene rings is 2. The number of nitrogens with zero attached hydrogens (tertiary/aromatic N) is 3. The van der Waals surface area contributed by atoms with Crippen molar-refractivity contribution in [2.24, 2.45) is 0 Å². The zero-order valence-electron chi connectivity index (χ0n) is 17.0. The molecule has 0 bridgehead atoms. The molecule has 1 aromatic heterocycles. The van der Waals surface area contributed by atoms with Gasteiger partial charge in [0.1, 0.15) is 5.82 Å². The van der Waals surface area contributed by atoms with Gasteiger partial charge < -0.3 is 5.32 Å². The van der Waals surface area contributed by atoms with E-state index >= 15 is 0 Å². The van der Waals surface area contributed by atoms with Crippen LogP contribution >= 0.6 is 0 Å². The minimum absolute atomic E-state index is 0.0382. The molecule has 0 aliphatic carbocycles. The minimum Gasteiger partial charge on any atom is -0.348 e. The van der Waals surface area contributed by atoms with Gasteiger partial charge in [0.05, 0.1) is 17.9 Å². The maximum Gasteiger partial charge on any atom is 0.284 e. The summed E-state index contributed by atoms with van der Waals surface area (Å²) >= 11 is 0. The van der Waals surface area contributed by atoms with Crippen LogP contribution in [0.25, 0.3) is 0 Å². The van der Waals surface area contributed by atoms with Crippen molar-refractivity contribution in [3.63, 3.8) is 0 Å². The number of carbonyl (C=O) groups is 1. The van der Waals surface area contributed by atoms with Crippen LogP contribution < -0.4 is 5.32 Å². The number of nitrogens with one attached hydrogen (secondary N) is 1. The number of hydrogen-bond acceptors (Lipinski definition) is 5. The quantitative estimate of drug-likeness (QED) is 0.649. The second kappa shape index (κ2) is 8.35. The molecule has 0 saturated heterocycles. The van der Waals surface area contributed by atoms with Crippen molar-refractivity contribution in [2.75, 3.05) is 0 Å². The van der Waals surface area contributed by atoms with Crippen LogP contribution in [-0.4, -0.2) is 28.5 Å². The van der Waals surface area contributed by atoms with Gasteiger partial charge in [-0.25, -0.2) is 9.37 Å². The van der Waals surface area contributed by atoms with E-state index in [2.05, 4.69) is 15.4 Å². The van der Waals surface area contributed by atoms with E-state index in [0.29, 0.717) is 11.4 Å². The van der Waals surface area contributed by atoms with Crippen molar-refractivity contribution in [1.82, 2.24) is 19.5 Å². The van der Waals surface area contributed by atoms with Crippen LogP contribution in [0.2, 0.25) is 0 Å². The number of amides is 1. The largest absolute Gasteiger partial charge is 0.348 e. The molecule has 2 aromatic carbocycles. The first-order chi connectivity index (χ1) is 14.1. The van der Waals surface area contributed by atoms with Crippen molar-refractivity contribution in [1.29, 1.82) is 0 Å². The fraction of sp³-hybridized carbons (Fsp3) is 0.286. The molecule has 0 saturated carbocycles. The molecule has 0 aliphatic rings. The van der Waals surface area contributed by atoms with Crippen molar-refractivity contribution >= 4 is 15.9 Å². The van der Waals surface area contributed by atoms with Crippen LogP contribution in [0, 0.1) is 5.82 Å². The fourth-order valence-corrected chi connectivity index (χ4v) is 3.98. The first kappa shape index (κ1) is 21.6. The van der Waals surface area contributed by atoms with Crippen molar-refractivity contribution in [3.05, 3.63) is 77.6 Å². The normalized spacial score (nSPS) is 12.0. The Labute approximate surface area is 175 Å². The van der Waals surface area contributed by atoms with Gasteiger partial charge in [-0.3, -0.25) is 4.79 Å². The summed E-state index contributed by atoms with van der Waals surface area (Å²) < 4.78 is 40.3. The summed E-state index contributed by atoms with van der Waals surface area (Å²) in [7, 11) is -3.98. The third-order valence-electron chi connectivity index (χ3n) is 4.28. The predicted molar refractivity (Wildman–Crippen MR) is 110 cm³/mol. The number of aromatic nitrogens is 3. The Balaban J connectivity index is 1.86. The first-order valence-corrected chi connectivity index (χ1v) is 10.8. The average Bonchev–Trinajstić information content (AvgIpc) is 3.13. The molecule has 1 amide bonds. The monoisotopic (exact) mass is 430 g/mol. The number of hydrogen-bond donors (Lipinski definition) is 1. The summed E-state index contributed by atoms with van der Waals surface area (Å²) in [5, 5.41) is 6.87. The predicted octanol–water partition coefficient (Wildman–Crippen LogP) is 2.81. The van der Waals surface area contributed by atoms with Gasteiger partial charge in [0.15, 0.2) is 11.6 Å². The summed E-state index contributed by atoms with van der Waals surface area (Å²) in [5.74, 6) is -0.374. The van der Waals surface area contributed by atoms with Crippen LogP contribution in [0.5, 0.6) is 0 Å². The second-order valence-electron chi connectivity index (χ2n) is 7.85. The van der Waals surface area contributed by atoms with Crippen LogP contribution in [-0.2, 0) is 33.2 Å². The molecule has 3 aromatic rings. The lowest BCUT2D eigenvalue weighted by molar-refractivity contribution is -0.120. The molecule has 0 spiro atoms. The zero-order valence-corrected chi connectivity index (χ0v) is 17.8. The maximum atomic E-state index is 13.3. The van der Waals surface area contributed by atoms with Gasteiger partial charge in [-0.05, 0) is 29.8 Å². The zero-order chi connectivity index (χ0) is 21.9. The van der Waals surface area contributed by atoms with Gasteiger partial charge in [-0.1, -0.05) is 51.1 Å². The third kappa shape index (κ3) is 4.91. The Morgan fingerprint density at radius 2 is 1.80 bits per heavy atom. The molecule has 1 heterocycles. The molecule has 0 radical (unpaired) electrons. The molecule has 9 heteroatoms. The highest BCUT2D eigenvalue weighted by Gasteiger charge is 2.28. The van der Waals surface area contributed by atoms with Crippen LogP contribution in [0.4, 0.5) is 4.39 Å². The fourth-order valence-electron chi connectivity index (χ4n) is 2.71. The van der Waals surface area contributed by atoms with Crippen LogP contribution in [0.1, 0.15) is 38.0 Å². The maximum absolute atomic E-state index is 13.3. The highest BCUT2D eigenvalue weighted by molar-refractivity contribution is 7.89. The highest BCUT2D eigenvalue weighted by atomic mass is 32.2. The lowest BCUT2D eigenvalue weighted by Gasteiger charge is -2.12. The summed E-state index contributed by atoms with van der Waals surface area (Å²) in [6.45, 7) is 5.47. The van der Waals surface area contributed by atoms with E-state index in [1.54, 1.807) is 24.3 Å². The third-order valence-corrected chi connectivity index (χ3v) is 5.89. The second-order valence-corrected chi connectivity index (χ2v) is 9.61. The van der Waals surface area contributed by atoms with Gasteiger partial charge in [0, 0.05) is 5.41 Å². The van der Waals surface area contributed by atoms with E-state index in [4.69, 9.17) is 0 Å². The van der Waals surface area contributed by atoms with Gasteiger partial charge in [-0.2, -0.15) is 8.42 Å². The van der Waals surface area contributed by atoms with E-state index < -0.39 is 21.3 Å². The molecule has 3 rings (SSSR count). The molecule has 0 fully saturated rings. The van der Waals surface area contributed by atoms with E-state index in [1.165, 1.54) is 30.3 Å². The Morgan fingerprint density at radius 3 is 2.43 bits per heavy atom. The summed E-state index contributed by atoms with van der Waals surface area (Å²) in [4.78, 5) is 16.7. The first-order valence-electron chi connectivity index (χ1n) is 9.35. The molecule has 0 aliphatic heterocycles. The number of halogens is 1.